The van der Waals surface area contributed by atoms with E-state index < -0.39 is 5.97 Å². The van der Waals surface area contributed by atoms with Gasteiger partial charge >= 0.3 is 5.97 Å². The Kier molecular flexibility index (Phi) is 8.64. The van der Waals surface area contributed by atoms with Crippen LogP contribution in [0, 0.1) is 0 Å². The minimum absolute atomic E-state index is 0.223. The van der Waals surface area contributed by atoms with Gasteiger partial charge in [-0.15, -0.1) is 0 Å². The normalized spacial score (nSPS) is 10.6. The van der Waals surface area contributed by atoms with Crippen LogP contribution in [0.15, 0.2) is 70.2 Å². The third-order valence-corrected chi connectivity index (χ3v) is 5.20. The molecule has 0 unspecified atom stereocenters. The fraction of sp³-hybridized carbons (Fsp3) is 0.160. The molecule has 0 aromatic heterocycles. The lowest BCUT2D eigenvalue weighted by molar-refractivity contribution is -0.120. The number of carbonyl (C=O) groups is 2. The highest BCUT2D eigenvalue weighted by Gasteiger charge is 2.18. The maximum absolute atomic E-state index is 12.6. The maximum atomic E-state index is 12.6. The Bertz CT molecular complexity index is 1150. The van der Waals surface area contributed by atoms with Gasteiger partial charge in [0.1, 0.15) is 5.75 Å². The van der Waals surface area contributed by atoms with Gasteiger partial charge in [-0.05, 0) is 59.7 Å². The Balaban J connectivity index is 1.58. The second-order valence-electron chi connectivity index (χ2n) is 6.97. The minimum atomic E-state index is -0.583. The molecule has 8 nitrogen and oxygen atoms in total. The predicted octanol–water partition coefficient (Wildman–Crippen LogP) is 4.39. The number of rotatable bonds is 9. The first kappa shape index (κ1) is 24.8. The zero-order chi connectivity index (χ0) is 24.5. The van der Waals surface area contributed by atoms with E-state index in [2.05, 4.69) is 26.5 Å². The summed E-state index contributed by atoms with van der Waals surface area (Å²) in [5.41, 5.74) is 4.34. The number of nitrogens with one attached hydrogen (secondary N) is 1. The van der Waals surface area contributed by atoms with Gasteiger partial charge in [-0.3, -0.25) is 4.79 Å². The van der Waals surface area contributed by atoms with Crippen LogP contribution in [0.4, 0.5) is 0 Å². The van der Waals surface area contributed by atoms with Crippen molar-refractivity contribution in [2.24, 2.45) is 5.10 Å². The highest BCUT2D eigenvalue weighted by atomic mass is 79.9. The molecule has 9 heteroatoms. The molecular formula is C25H23BrN2O6. The second-order valence-corrected chi connectivity index (χ2v) is 7.88. The highest BCUT2D eigenvalue weighted by molar-refractivity contribution is 9.10. The van der Waals surface area contributed by atoms with Crippen molar-refractivity contribution >= 4 is 34.0 Å². The summed E-state index contributed by atoms with van der Waals surface area (Å²) in [5.74, 6) is 0.615. The fourth-order valence-electron chi connectivity index (χ4n) is 2.99. The van der Waals surface area contributed by atoms with E-state index >= 15 is 0 Å². The van der Waals surface area contributed by atoms with E-state index in [0.717, 1.165) is 15.6 Å². The number of nitrogens with zero attached hydrogens (tertiary/aromatic N) is 1. The molecule has 0 aliphatic heterocycles. The Morgan fingerprint density at radius 1 is 0.912 bits per heavy atom. The molecule has 0 radical (unpaired) electrons. The number of halogens is 1. The van der Waals surface area contributed by atoms with E-state index in [-0.39, 0.29) is 17.9 Å². The van der Waals surface area contributed by atoms with Gasteiger partial charge in [0.05, 0.1) is 39.5 Å². The average Bonchev–Trinajstić information content (AvgIpc) is 2.85. The smallest absolute Gasteiger partial charge is 0.343 e. The lowest BCUT2D eigenvalue weighted by atomic mass is 10.1. The van der Waals surface area contributed by atoms with Gasteiger partial charge in [0, 0.05) is 4.47 Å². The SMILES string of the molecule is COc1cc(C(=O)Oc2ccc(/C=N/NC(=O)Cc3ccc(Br)cc3)cc2)cc(OC)c1OC. The van der Waals surface area contributed by atoms with Crippen LogP contribution in [0.2, 0.25) is 0 Å². The van der Waals surface area contributed by atoms with Crippen molar-refractivity contribution in [2.45, 2.75) is 6.42 Å². The number of hydrazone groups is 1. The molecular weight excluding hydrogens is 504 g/mol. The lowest BCUT2D eigenvalue weighted by Crippen LogP contribution is -2.19. The summed E-state index contributed by atoms with van der Waals surface area (Å²) < 4.78 is 22.2. The van der Waals surface area contributed by atoms with Crippen LogP contribution in [-0.2, 0) is 11.2 Å². The van der Waals surface area contributed by atoms with Gasteiger partial charge in [0.25, 0.3) is 0 Å². The standard InChI is InChI=1S/C25H23BrN2O6/c1-31-21-13-18(14-22(32-2)24(21)33-3)25(30)34-20-10-6-17(7-11-20)15-27-28-23(29)12-16-4-8-19(26)9-5-16/h4-11,13-15H,12H2,1-3H3,(H,28,29)/b27-15+. The van der Waals surface area contributed by atoms with E-state index in [1.165, 1.54) is 39.7 Å². The summed E-state index contributed by atoms with van der Waals surface area (Å²) in [6, 6.07) is 17.2. The summed E-state index contributed by atoms with van der Waals surface area (Å²) in [7, 11) is 4.42. The molecule has 0 bridgehead atoms. The monoisotopic (exact) mass is 526 g/mol. The highest BCUT2D eigenvalue weighted by Crippen LogP contribution is 2.38. The van der Waals surface area contributed by atoms with Crippen LogP contribution in [0.5, 0.6) is 23.0 Å². The molecule has 0 atom stereocenters. The number of hydrogen-bond acceptors (Lipinski definition) is 7. The number of hydrogen-bond donors (Lipinski definition) is 1. The first-order chi connectivity index (χ1) is 16.4. The van der Waals surface area contributed by atoms with Gasteiger partial charge in [0.2, 0.25) is 11.7 Å². The van der Waals surface area contributed by atoms with Crippen LogP contribution >= 0.6 is 15.9 Å². The second kappa shape index (κ2) is 11.9. The van der Waals surface area contributed by atoms with E-state index in [9.17, 15) is 9.59 Å². The van der Waals surface area contributed by atoms with Gasteiger partial charge in [-0.25, -0.2) is 10.2 Å². The van der Waals surface area contributed by atoms with Gasteiger partial charge in [-0.1, -0.05) is 28.1 Å². The summed E-state index contributed by atoms with van der Waals surface area (Å²) >= 11 is 3.36. The summed E-state index contributed by atoms with van der Waals surface area (Å²) in [4.78, 5) is 24.6. The van der Waals surface area contributed by atoms with Crippen molar-refractivity contribution < 1.29 is 28.5 Å². The van der Waals surface area contributed by atoms with Gasteiger partial charge < -0.3 is 18.9 Å². The molecule has 0 spiro atoms. The number of esters is 1. The van der Waals surface area contributed by atoms with E-state index in [0.29, 0.717) is 23.0 Å². The minimum Gasteiger partial charge on any atom is -0.493 e. The molecule has 34 heavy (non-hydrogen) atoms. The first-order valence-corrected chi connectivity index (χ1v) is 10.9. The molecule has 0 saturated carbocycles. The molecule has 3 aromatic rings. The quantitative estimate of drug-likeness (QED) is 0.192. The number of benzene rings is 3. The van der Waals surface area contributed by atoms with Crippen LogP contribution in [0.1, 0.15) is 21.5 Å². The first-order valence-electron chi connectivity index (χ1n) is 10.1. The molecule has 0 heterocycles. The number of amides is 1. The van der Waals surface area contributed by atoms with Crippen LogP contribution in [0.25, 0.3) is 0 Å². The molecule has 0 aliphatic carbocycles. The van der Waals surface area contributed by atoms with Crippen LogP contribution in [-0.4, -0.2) is 39.4 Å². The molecule has 0 fully saturated rings. The van der Waals surface area contributed by atoms with Crippen molar-refractivity contribution in [2.75, 3.05) is 21.3 Å². The maximum Gasteiger partial charge on any atom is 0.343 e. The third-order valence-electron chi connectivity index (χ3n) is 4.67. The molecule has 1 amide bonds. The largest absolute Gasteiger partial charge is 0.493 e. The van der Waals surface area contributed by atoms with Crippen LogP contribution < -0.4 is 24.4 Å². The van der Waals surface area contributed by atoms with Crippen molar-refractivity contribution in [3.05, 3.63) is 81.8 Å². The molecule has 3 aromatic carbocycles. The van der Waals surface area contributed by atoms with Crippen molar-refractivity contribution in [1.82, 2.24) is 5.43 Å². The Hall–Kier alpha value is -3.85. The lowest BCUT2D eigenvalue weighted by Gasteiger charge is -2.13. The molecule has 1 N–H and O–H groups in total. The molecule has 0 aliphatic rings. The van der Waals surface area contributed by atoms with Gasteiger partial charge in [-0.2, -0.15) is 5.10 Å². The Morgan fingerprint density at radius 2 is 1.53 bits per heavy atom. The Labute approximate surface area is 205 Å². The van der Waals surface area contributed by atoms with Crippen LogP contribution in [0.3, 0.4) is 0 Å². The van der Waals surface area contributed by atoms with Crippen molar-refractivity contribution in [3.8, 4) is 23.0 Å². The van der Waals surface area contributed by atoms with Crippen molar-refractivity contribution in [3.63, 3.8) is 0 Å². The van der Waals surface area contributed by atoms with E-state index in [4.69, 9.17) is 18.9 Å². The third kappa shape index (κ3) is 6.58. The summed E-state index contributed by atoms with van der Waals surface area (Å²) in [5, 5.41) is 3.97. The van der Waals surface area contributed by atoms with Gasteiger partial charge in [0.15, 0.2) is 11.5 Å². The molecule has 176 valence electrons. The molecule has 0 saturated heterocycles. The zero-order valence-corrected chi connectivity index (χ0v) is 20.4. The van der Waals surface area contributed by atoms with E-state index in [1.807, 2.05) is 24.3 Å². The predicted molar refractivity (Wildman–Crippen MR) is 131 cm³/mol. The average molecular weight is 527 g/mol. The zero-order valence-electron chi connectivity index (χ0n) is 18.8. The molecule has 3 rings (SSSR count). The number of ether oxygens (including phenoxy) is 4. The summed E-state index contributed by atoms with van der Waals surface area (Å²) in [6.07, 6.45) is 1.73. The topological polar surface area (TPSA) is 95.5 Å². The Morgan fingerprint density at radius 3 is 2.09 bits per heavy atom. The van der Waals surface area contributed by atoms with E-state index in [1.54, 1.807) is 24.3 Å². The number of carbonyl (C=O) groups excluding carboxylic acids is 2. The summed E-state index contributed by atoms with van der Waals surface area (Å²) in [6.45, 7) is 0. The number of methoxy groups -OCH3 is 3. The van der Waals surface area contributed by atoms with Crippen molar-refractivity contribution in [1.29, 1.82) is 0 Å². The fourth-order valence-corrected chi connectivity index (χ4v) is 3.26.